The second kappa shape index (κ2) is 7.45. The van der Waals surface area contributed by atoms with Crippen LogP contribution in [0.15, 0.2) is 22.8 Å². The molecule has 0 spiro atoms. The van der Waals surface area contributed by atoms with Crippen LogP contribution in [0.1, 0.15) is 25.1 Å². The highest BCUT2D eigenvalue weighted by molar-refractivity contribution is 5.02. The van der Waals surface area contributed by atoms with E-state index in [0.29, 0.717) is 13.2 Å². The van der Waals surface area contributed by atoms with Crippen molar-refractivity contribution in [1.82, 2.24) is 5.32 Å². The van der Waals surface area contributed by atoms with Crippen LogP contribution in [0, 0.1) is 0 Å². The fourth-order valence-electron chi connectivity index (χ4n) is 1.30. The van der Waals surface area contributed by atoms with Gasteiger partial charge in [-0.25, -0.2) is 0 Å². The van der Waals surface area contributed by atoms with E-state index in [1.54, 1.807) is 6.26 Å². The van der Waals surface area contributed by atoms with E-state index in [9.17, 15) is 0 Å². The largest absolute Gasteiger partial charge is 0.468 e. The summed E-state index contributed by atoms with van der Waals surface area (Å²) in [6, 6.07) is 4.08. The predicted molar refractivity (Wildman–Crippen MR) is 57.6 cm³/mol. The molecule has 1 unspecified atom stereocenters. The predicted octanol–water partition coefficient (Wildman–Crippen LogP) is 1.33. The molecule has 4 nitrogen and oxygen atoms in total. The maximum Gasteiger partial charge on any atom is 0.120 e. The van der Waals surface area contributed by atoms with Crippen LogP contribution in [0.5, 0.6) is 0 Å². The molecular formula is C11H19NO3. The monoisotopic (exact) mass is 213 g/mol. The van der Waals surface area contributed by atoms with Gasteiger partial charge in [0.15, 0.2) is 0 Å². The minimum Gasteiger partial charge on any atom is -0.468 e. The molecule has 0 saturated heterocycles. The average molecular weight is 213 g/mol. The lowest BCUT2D eigenvalue weighted by Crippen LogP contribution is -2.20. The Morgan fingerprint density at radius 1 is 1.53 bits per heavy atom. The second-order valence-electron chi connectivity index (χ2n) is 3.38. The van der Waals surface area contributed by atoms with Gasteiger partial charge in [-0.05, 0) is 32.0 Å². The summed E-state index contributed by atoms with van der Waals surface area (Å²) in [5, 5.41) is 11.8. The lowest BCUT2D eigenvalue weighted by molar-refractivity contribution is 0.0903. The highest BCUT2D eigenvalue weighted by atomic mass is 16.5. The average Bonchev–Trinajstić information content (AvgIpc) is 2.76. The molecule has 2 N–H and O–H groups in total. The van der Waals surface area contributed by atoms with Crippen molar-refractivity contribution < 1.29 is 14.3 Å². The molecule has 0 aliphatic rings. The molecule has 0 fully saturated rings. The summed E-state index contributed by atoms with van der Waals surface area (Å²) in [7, 11) is 0. The number of nitrogens with one attached hydrogen (secondary N) is 1. The summed E-state index contributed by atoms with van der Waals surface area (Å²) in [5.74, 6) is 0.950. The Hall–Kier alpha value is -0.840. The van der Waals surface area contributed by atoms with E-state index in [0.717, 1.165) is 18.7 Å². The Balaban J connectivity index is 2.00. The van der Waals surface area contributed by atoms with E-state index in [2.05, 4.69) is 12.2 Å². The van der Waals surface area contributed by atoms with Crippen molar-refractivity contribution in [3.63, 3.8) is 0 Å². The summed E-state index contributed by atoms with van der Waals surface area (Å²) in [5.41, 5.74) is 0. The summed E-state index contributed by atoms with van der Waals surface area (Å²) in [4.78, 5) is 0. The minimum absolute atomic E-state index is 0.0935. The molecule has 1 aromatic rings. The van der Waals surface area contributed by atoms with Gasteiger partial charge in [0.1, 0.15) is 5.76 Å². The van der Waals surface area contributed by atoms with E-state index in [-0.39, 0.29) is 12.6 Å². The molecule has 1 rings (SSSR count). The fraction of sp³-hybridized carbons (Fsp3) is 0.636. The molecule has 15 heavy (non-hydrogen) atoms. The quantitative estimate of drug-likeness (QED) is 0.640. The molecule has 1 heterocycles. The van der Waals surface area contributed by atoms with Crippen molar-refractivity contribution in [3.8, 4) is 0 Å². The molecule has 0 bridgehead atoms. The first-order valence-electron chi connectivity index (χ1n) is 5.30. The summed E-state index contributed by atoms with van der Waals surface area (Å²) >= 11 is 0. The van der Waals surface area contributed by atoms with Gasteiger partial charge < -0.3 is 19.6 Å². The van der Waals surface area contributed by atoms with Crippen LogP contribution in [-0.4, -0.2) is 31.5 Å². The van der Waals surface area contributed by atoms with Gasteiger partial charge in [-0.1, -0.05) is 0 Å². The first kappa shape index (κ1) is 12.2. The van der Waals surface area contributed by atoms with Crippen LogP contribution in [0.3, 0.4) is 0 Å². The third kappa shape index (κ3) is 4.97. The summed E-state index contributed by atoms with van der Waals surface area (Å²) in [6.45, 7) is 4.14. The van der Waals surface area contributed by atoms with Crippen molar-refractivity contribution in [2.75, 3.05) is 26.4 Å². The summed E-state index contributed by atoms with van der Waals surface area (Å²) in [6.07, 6.45) is 2.61. The molecule has 1 atom stereocenters. The van der Waals surface area contributed by atoms with Gasteiger partial charge in [0.05, 0.1) is 25.5 Å². The number of rotatable bonds is 8. The molecule has 0 amide bonds. The third-order valence-corrected chi connectivity index (χ3v) is 2.12. The van der Waals surface area contributed by atoms with E-state index in [1.807, 2.05) is 12.1 Å². The maximum atomic E-state index is 8.48. The van der Waals surface area contributed by atoms with Gasteiger partial charge in [0, 0.05) is 6.61 Å². The number of aliphatic hydroxyl groups excluding tert-OH is 1. The van der Waals surface area contributed by atoms with Crippen LogP contribution in [0.2, 0.25) is 0 Å². The third-order valence-electron chi connectivity index (χ3n) is 2.12. The molecule has 4 heteroatoms. The number of hydrogen-bond acceptors (Lipinski definition) is 4. The number of furan rings is 1. The molecule has 0 aliphatic heterocycles. The first-order chi connectivity index (χ1) is 7.34. The maximum absolute atomic E-state index is 8.48. The number of aliphatic hydroxyl groups is 1. The smallest absolute Gasteiger partial charge is 0.120 e. The zero-order valence-corrected chi connectivity index (χ0v) is 9.11. The van der Waals surface area contributed by atoms with E-state index >= 15 is 0 Å². The Morgan fingerprint density at radius 2 is 2.40 bits per heavy atom. The van der Waals surface area contributed by atoms with Gasteiger partial charge in [0.2, 0.25) is 0 Å². The van der Waals surface area contributed by atoms with Crippen molar-refractivity contribution in [3.05, 3.63) is 24.2 Å². The van der Waals surface area contributed by atoms with Crippen molar-refractivity contribution in [1.29, 1.82) is 0 Å². The topological polar surface area (TPSA) is 54.6 Å². The molecule has 1 aromatic heterocycles. The van der Waals surface area contributed by atoms with Crippen LogP contribution in [0.4, 0.5) is 0 Å². The molecule has 0 saturated carbocycles. The molecule has 0 radical (unpaired) electrons. The van der Waals surface area contributed by atoms with Crippen molar-refractivity contribution in [2.45, 2.75) is 19.4 Å². The van der Waals surface area contributed by atoms with Crippen LogP contribution >= 0.6 is 0 Å². The number of hydrogen-bond donors (Lipinski definition) is 2. The second-order valence-corrected chi connectivity index (χ2v) is 3.38. The van der Waals surface area contributed by atoms with Crippen LogP contribution in [-0.2, 0) is 4.74 Å². The highest BCUT2D eigenvalue weighted by Gasteiger charge is 2.05. The zero-order valence-electron chi connectivity index (χ0n) is 9.11. The normalized spacial score (nSPS) is 12.9. The van der Waals surface area contributed by atoms with E-state index < -0.39 is 0 Å². The Kier molecular flexibility index (Phi) is 6.08. The van der Waals surface area contributed by atoms with Gasteiger partial charge in [-0.2, -0.15) is 0 Å². The molecule has 86 valence electrons. The van der Waals surface area contributed by atoms with Crippen LogP contribution in [0.25, 0.3) is 0 Å². The highest BCUT2D eigenvalue weighted by Crippen LogP contribution is 2.11. The molecule has 0 aromatic carbocycles. The van der Waals surface area contributed by atoms with Gasteiger partial charge in [0.25, 0.3) is 0 Å². The Labute approximate surface area is 90.2 Å². The Bertz CT molecular complexity index is 236. The molecule has 0 aliphatic carbocycles. The van der Waals surface area contributed by atoms with E-state index in [1.165, 1.54) is 0 Å². The SMILES string of the molecule is CC(NCCCOCCO)c1ccco1. The van der Waals surface area contributed by atoms with Gasteiger partial charge in [-0.3, -0.25) is 0 Å². The minimum atomic E-state index is 0.0935. The molecular weight excluding hydrogens is 194 g/mol. The van der Waals surface area contributed by atoms with Crippen molar-refractivity contribution >= 4 is 0 Å². The summed E-state index contributed by atoms with van der Waals surface area (Å²) < 4.78 is 10.4. The fourth-order valence-corrected chi connectivity index (χ4v) is 1.30. The van der Waals surface area contributed by atoms with Gasteiger partial charge in [-0.15, -0.1) is 0 Å². The lowest BCUT2D eigenvalue weighted by Gasteiger charge is -2.10. The standard InChI is InChI=1S/C11H19NO3/c1-10(11-4-2-8-15-11)12-5-3-7-14-9-6-13/h2,4,8,10,12-13H,3,5-7,9H2,1H3. The van der Waals surface area contributed by atoms with Gasteiger partial charge >= 0.3 is 0 Å². The zero-order chi connectivity index (χ0) is 10.9. The lowest BCUT2D eigenvalue weighted by atomic mass is 10.2. The van der Waals surface area contributed by atoms with Crippen molar-refractivity contribution in [2.24, 2.45) is 0 Å². The number of ether oxygens (including phenoxy) is 1. The Morgan fingerprint density at radius 3 is 3.07 bits per heavy atom. The van der Waals surface area contributed by atoms with Crippen LogP contribution < -0.4 is 5.32 Å². The first-order valence-corrected chi connectivity index (χ1v) is 5.30. The van der Waals surface area contributed by atoms with E-state index in [4.69, 9.17) is 14.3 Å².